The second-order valence-electron chi connectivity index (χ2n) is 1.66. The molecule has 5 nitrogen and oxygen atoms in total. The summed E-state index contributed by atoms with van der Waals surface area (Å²) in [5.74, 6) is -2.39. The third-order valence-corrected chi connectivity index (χ3v) is 0.532. The van der Waals surface area contributed by atoms with Crippen LogP contribution in [0.1, 0.15) is 6.92 Å². The molecule has 0 unspecified atom stereocenters. The van der Waals surface area contributed by atoms with E-state index in [4.69, 9.17) is 5.11 Å². The first kappa shape index (κ1) is 17.3. The van der Waals surface area contributed by atoms with Crippen LogP contribution in [-0.4, -0.2) is 37.6 Å². The van der Waals surface area contributed by atoms with Crippen molar-refractivity contribution in [3.8, 4) is 0 Å². The Labute approximate surface area is 77.9 Å². The summed E-state index contributed by atoms with van der Waals surface area (Å²) in [6, 6.07) is 0. The van der Waals surface area contributed by atoms with Gasteiger partial charge >= 0.3 is 11.9 Å². The molecule has 6 heteroatoms. The fourth-order valence-corrected chi connectivity index (χ4v) is 0.236. The number of nitrogens with one attached hydrogen (secondary N) is 2. The summed E-state index contributed by atoms with van der Waals surface area (Å²) in [5, 5.41) is 12.8. The van der Waals surface area contributed by atoms with E-state index in [2.05, 4.69) is 10.6 Å². The number of likely N-dealkylation sites (N-methyl/N-ethyl adjacent to an activating group) is 1. The van der Waals surface area contributed by atoms with Crippen LogP contribution in [0.15, 0.2) is 0 Å². The van der Waals surface area contributed by atoms with Gasteiger partial charge in [-0.15, -0.1) is 12.4 Å². The monoisotopic (exact) mass is 198 g/mol. The average Bonchev–Trinajstić information content (AvgIpc) is 1.90. The van der Waals surface area contributed by atoms with Gasteiger partial charge in [-0.05, 0) is 21.0 Å². The van der Waals surface area contributed by atoms with Gasteiger partial charge in [0.2, 0.25) is 0 Å². The molecule has 0 aliphatic rings. The van der Waals surface area contributed by atoms with E-state index in [9.17, 15) is 9.59 Å². The van der Waals surface area contributed by atoms with Crippen LogP contribution in [0.2, 0.25) is 0 Å². The Balaban J connectivity index is -0.000000177. The largest absolute Gasteiger partial charge is 0.474 e. The SMILES string of the molecule is CCNC(=O)C(=O)O.CNC.Cl. The van der Waals surface area contributed by atoms with Crippen molar-refractivity contribution in [2.45, 2.75) is 6.92 Å². The van der Waals surface area contributed by atoms with Gasteiger partial charge in [-0.1, -0.05) is 0 Å². The van der Waals surface area contributed by atoms with Gasteiger partial charge in [-0.3, -0.25) is 4.79 Å². The highest BCUT2D eigenvalue weighted by molar-refractivity contribution is 6.31. The molecule has 1 amide bonds. The predicted molar refractivity (Wildman–Crippen MR) is 48.6 cm³/mol. The summed E-state index contributed by atoms with van der Waals surface area (Å²) in [4.78, 5) is 19.7. The topological polar surface area (TPSA) is 78.4 Å². The molecule has 12 heavy (non-hydrogen) atoms. The fourth-order valence-electron chi connectivity index (χ4n) is 0.236. The number of carbonyl (C=O) groups excluding carboxylic acids is 1. The maximum Gasteiger partial charge on any atom is 0.394 e. The highest BCUT2D eigenvalue weighted by Gasteiger charge is 2.06. The average molecular weight is 199 g/mol. The van der Waals surface area contributed by atoms with E-state index < -0.39 is 11.9 Å². The maximum atomic E-state index is 10.0. The number of hydrogen-bond donors (Lipinski definition) is 3. The van der Waals surface area contributed by atoms with Crippen molar-refractivity contribution in [2.24, 2.45) is 0 Å². The molecule has 0 atom stereocenters. The number of carboxylic acid groups (broad SMARTS) is 1. The Morgan fingerprint density at radius 2 is 1.67 bits per heavy atom. The third kappa shape index (κ3) is 16.1. The van der Waals surface area contributed by atoms with E-state index in [1.54, 1.807) is 6.92 Å². The number of carboxylic acids is 1. The molecule has 0 heterocycles. The van der Waals surface area contributed by atoms with Crippen molar-refractivity contribution in [2.75, 3.05) is 20.6 Å². The minimum atomic E-state index is -1.44. The number of amides is 1. The molecule has 0 aromatic heterocycles. The van der Waals surface area contributed by atoms with E-state index in [-0.39, 0.29) is 12.4 Å². The summed E-state index contributed by atoms with van der Waals surface area (Å²) in [6.45, 7) is 2.01. The number of carbonyl (C=O) groups is 2. The summed E-state index contributed by atoms with van der Waals surface area (Å²) in [5.41, 5.74) is 0. The van der Waals surface area contributed by atoms with Crippen LogP contribution in [0.4, 0.5) is 0 Å². The minimum absolute atomic E-state index is 0. The zero-order valence-electron chi connectivity index (χ0n) is 7.38. The Bertz CT molecular complexity index is 130. The molecule has 0 rings (SSSR count). The molecule has 0 aromatic rings. The first-order valence-electron chi connectivity index (χ1n) is 3.19. The van der Waals surface area contributed by atoms with Crippen LogP contribution in [0.3, 0.4) is 0 Å². The van der Waals surface area contributed by atoms with Crippen molar-refractivity contribution < 1.29 is 14.7 Å². The predicted octanol–water partition coefficient (Wildman–Crippen LogP) is -0.535. The van der Waals surface area contributed by atoms with E-state index in [1.165, 1.54) is 0 Å². The maximum absolute atomic E-state index is 10.0. The van der Waals surface area contributed by atoms with Crippen molar-refractivity contribution in [3.63, 3.8) is 0 Å². The summed E-state index contributed by atoms with van der Waals surface area (Å²) in [7, 11) is 3.75. The third-order valence-electron chi connectivity index (χ3n) is 0.532. The lowest BCUT2D eigenvalue weighted by molar-refractivity contribution is -0.150. The molecule has 0 saturated heterocycles. The van der Waals surface area contributed by atoms with Gasteiger partial charge in [0.1, 0.15) is 0 Å². The van der Waals surface area contributed by atoms with Crippen molar-refractivity contribution in [1.29, 1.82) is 0 Å². The van der Waals surface area contributed by atoms with Gasteiger partial charge in [0.15, 0.2) is 0 Å². The minimum Gasteiger partial charge on any atom is -0.474 e. The fraction of sp³-hybridized carbons (Fsp3) is 0.667. The van der Waals surface area contributed by atoms with Crippen LogP contribution in [0.25, 0.3) is 0 Å². The molecule has 74 valence electrons. The molecule has 0 bridgehead atoms. The van der Waals surface area contributed by atoms with Crippen molar-refractivity contribution in [3.05, 3.63) is 0 Å². The first-order chi connectivity index (χ1) is 5.09. The number of hydrogen-bond acceptors (Lipinski definition) is 3. The second-order valence-corrected chi connectivity index (χ2v) is 1.66. The van der Waals surface area contributed by atoms with Crippen molar-refractivity contribution in [1.82, 2.24) is 10.6 Å². The Morgan fingerprint density at radius 3 is 1.75 bits per heavy atom. The molecule has 0 aliphatic heterocycles. The van der Waals surface area contributed by atoms with Gasteiger partial charge in [0.25, 0.3) is 0 Å². The summed E-state index contributed by atoms with van der Waals surface area (Å²) in [6.07, 6.45) is 0. The van der Waals surface area contributed by atoms with E-state index in [0.29, 0.717) is 6.54 Å². The highest BCUT2D eigenvalue weighted by Crippen LogP contribution is 1.62. The molecule has 3 N–H and O–H groups in total. The smallest absolute Gasteiger partial charge is 0.394 e. The normalized spacial score (nSPS) is 6.92. The molecular weight excluding hydrogens is 184 g/mol. The van der Waals surface area contributed by atoms with Crippen LogP contribution >= 0.6 is 12.4 Å². The second kappa shape index (κ2) is 12.8. The van der Waals surface area contributed by atoms with Gasteiger partial charge in [0.05, 0.1) is 0 Å². The summed E-state index contributed by atoms with van der Waals surface area (Å²) >= 11 is 0. The van der Waals surface area contributed by atoms with E-state index >= 15 is 0 Å². The zero-order valence-corrected chi connectivity index (χ0v) is 8.20. The molecule has 0 spiro atoms. The van der Waals surface area contributed by atoms with Crippen LogP contribution < -0.4 is 10.6 Å². The highest BCUT2D eigenvalue weighted by atomic mass is 35.5. The quantitative estimate of drug-likeness (QED) is 0.495. The molecule has 0 aliphatic carbocycles. The lowest BCUT2D eigenvalue weighted by Gasteiger charge is -1.91. The lowest BCUT2D eigenvalue weighted by atomic mass is 10.6. The Morgan fingerprint density at radius 1 is 1.33 bits per heavy atom. The van der Waals surface area contributed by atoms with Gasteiger partial charge in [-0.2, -0.15) is 0 Å². The molecule has 0 saturated carbocycles. The Hall–Kier alpha value is -0.810. The number of aliphatic carboxylic acids is 1. The molecule has 0 aromatic carbocycles. The van der Waals surface area contributed by atoms with Crippen molar-refractivity contribution >= 4 is 24.3 Å². The lowest BCUT2D eigenvalue weighted by Crippen LogP contribution is -2.30. The zero-order chi connectivity index (χ0) is 9.28. The van der Waals surface area contributed by atoms with E-state index in [1.807, 2.05) is 14.1 Å². The molecule has 0 radical (unpaired) electrons. The Kier molecular flexibility index (Phi) is 18.5. The molecule has 0 fully saturated rings. The van der Waals surface area contributed by atoms with E-state index in [0.717, 1.165) is 0 Å². The number of halogens is 1. The molecular formula is C6H15ClN2O3. The van der Waals surface area contributed by atoms with Crippen LogP contribution in [-0.2, 0) is 9.59 Å². The van der Waals surface area contributed by atoms with Gasteiger partial charge < -0.3 is 15.7 Å². The standard InChI is InChI=1S/C4H7NO3.C2H7N.ClH/c1-2-5-3(6)4(7)8;1-3-2;/h2H2,1H3,(H,5,6)(H,7,8);3H,1-2H3;1H. The van der Waals surface area contributed by atoms with Crippen LogP contribution in [0.5, 0.6) is 0 Å². The van der Waals surface area contributed by atoms with Crippen LogP contribution in [0, 0.1) is 0 Å². The summed E-state index contributed by atoms with van der Waals surface area (Å²) < 4.78 is 0. The first-order valence-corrected chi connectivity index (χ1v) is 3.19. The van der Waals surface area contributed by atoms with Gasteiger partial charge in [0, 0.05) is 6.54 Å². The number of rotatable bonds is 1. The van der Waals surface area contributed by atoms with Gasteiger partial charge in [-0.25, -0.2) is 4.79 Å².